The van der Waals surface area contributed by atoms with Crippen molar-refractivity contribution in [2.45, 2.75) is 6.92 Å². The van der Waals surface area contributed by atoms with Gasteiger partial charge in [-0.25, -0.2) is 9.78 Å². The van der Waals surface area contributed by atoms with Gasteiger partial charge >= 0.3 is 5.97 Å². The van der Waals surface area contributed by atoms with Crippen molar-refractivity contribution in [3.05, 3.63) is 83.9 Å². The number of carboxylic acids is 1. The van der Waals surface area contributed by atoms with E-state index in [1.54, 1.807) is 13.0 Å². The number of carboxylic acid groups (broad SMARTS) is 1. The lowest BCUT2D eigenvalue weighted by molar-refractivity contribution is 0.0698. The van der Waals surface area contributed by atoms with Crippen LogP contribution in [0.4, 0.5) is 0 Å². The Labute approximate surface area is 156 Å². The second-order valence-electron chi connectivity index (χ2n) is 6.41. The molecule has 2 N–H and O–H groups in total. The van der Waals surface area contributed by atoms with Crippen molar-refractivity contribution in [1.29, 1.82) is 0 Å². The average Bonchev–Trinajstić information content (AvgIpc) is 2.68. The van der Waals surface area contributed by atoms with Gasteiger partial charge in [-0.2, -0.15) is 0 Å². The molecule has 0 spiro atoms. The minimum atomic E-state index is -1.03. The molecule has 0 saturated heterocycles. The van der Waals surface area contributed by atoms with E-state index in [4.69, 9.17) is 0 Å². The van der Waals surface area contributed by atoms with Crippen LogP contribution in [-0.4, -0.2) is 21.2 Å². The zero-order chi connectivity index (χ0) is 19.0. The number of benzene rings is 3. The fraction of sp³-hybridized carbons (Fsp3) is 0.0435. The topological polar surface area (TPSA) is 70.4 Å². The molecule has 4 aromatic rings. The van der Waals surface area contributed by atoms with Crippen molar-refractivity contribution in [3.63, 3.8) is 0 Å². The van der Waals surface area contributed by atoms with Crippen LogP contribution >= 0.6 is 0 Å². The van der Waals surface area contributed by atoms with E-state index in [0.717, 1.165) is 16.7 Å². The van der Waals surface area contributed by atoms with Crippen LogP contribution in [0.25, 0.3) is 33.3 Å². The van der Waals surface area contributed by atoms with Gasteiger partial charge < -0.3 is 10.2 Å². The highest BCUT2D eigenvalue weighted by molar-refractivity contribution is 6.06. The first-order valence-corrected chi connectivity index (χ1v) is 8.57. The van der Waals surface area contributed by atoms with E-state index in [1.807, 2.05) is 54.6 Å². The molecule has 132 valence electrons. The molecule has 0 amide bonds. The molecular weight excluding hydrogens is 338 g/mol. The number of rotatable bonds is 3. The van der Waals surface area contributed by atoms with E-state index in [1.165, 1.54) is 12.1 Å². The highest BCUT2D eigenvalue weighted by Gasteiger charge is 2.18. The Morgan fingerprint density at radius 1 is 0.852 bits per heavy atom. The van der Waals surface area contributed by atoms with Crippen LogP contribution in [0.3, 0.4) is 0 Å². The molecule has 1 heterocycles. The highest BCUT2D eigenvalue weighted by Crippen LogP contribution is 2.32. The van der Waals surface area contributed by atoms with E-state index in [9.17, 15) is 15.0 Å². The largest absolute Gasteiger partial charge is 0.508 e. The van der Waals surface area contributed by atoms with Gasteiger partial charge in [0.05, 0.1) is 16.8 Å². The van der Waals surface area contributed by atoms with Crippen LogP contribution in [0.5, 0.6) is 5.75 Å². The first-order valence-electron chi connectivity index (χ1n) is 8.57. The third-order valence-corrected chi connectivity index (χ3v) is 4.69. The highest BCUT2D eigenvalue weighted by atomic mass is 16.4. The van der Waals surface area contributed by atoms with Gasteiger partial charge in [0.15, 0.2) is 0 Å². The minimum Gasteiger partial charge on any atom is -0.508 e. The Kier molecular flexibility index (Phi) is 4.09. The lowest BCUT2D eigenvalue weighted by Crippen LogP contribution is -2.05. The summed E-state index contributed by atoms with van der Waals surface area (Å²) in [7, 11) is 0. The quantitative estimate of drug-likeness (QED) is 0.524. The molecule has 0 aliphatic heterocycles. The Morgan fingerprint density at radius 2 is 1.48 bits per heavy atom. The molecule has 0 fully saturated rings. The smallest absolute Gasteiger partial charge is 0.336 e. The maximum Gasteiger partial charge on any atom is 0.336 e. The fourth-order valence-electron chi connectivity index (χ4n) is 3.35. The summed E-state index contributed by atoms with van der Waals surface area (Å²) in [5, 5.41) is 19.9. The van der Waals surface area contributed by atoms with Gasteiger partial charge in [0, 0.05) is 10.9 Å². The van der Waals surface area contributed by atoms with Crippen LogP contribution in [0.2, 0.25) is 0 Å². The van der Waals surface area contributed by atoms with E-state index >= 15 is 0 Å². The Balaban J connectivity index is 1.88. The zero-order valence-electron chi connectivity index (χ0n) is 14.7. The van der Waals surface area contributed by atoms with Crippen molar-refractivity contribution < 1.29 is 15.0 Å². The molecule has 3 aromatic carbocycles. The molecule has 0 atom stereocenters. The number of nitrogens with zero attached hydrogens (tertiary/aromatic N) is 1. The van der Waals surface area contributed by atoms with Crippen LogP contribution in [0.1, 0.15) is 15.9 Å². The number of hydrogen-bond donors (Lipinski definition) is 2. The third-order valence-electron chi connectivity index (χ3n) is 4.69. The van der Waals surface area contributed by atoms with Crippen LogP contribution < -0.4 is 0 Å². The lowest BCUT2D eigenvalue weighted by atomic mass is 9.96. The van der Waals surface area contributed by atoms with Gasteiger partial charge in [-0.1, -0.05) is 54.6 Å². The van der Waals surface area contributed by atoms with Crippen molar-refractivity contribution in [1.82, 2.24) is 4.98 Å². The zero-order valence-corrected chi connectivity index (χ0v) is 14.7. The number of phenolic OH excluding ortho intramolecular Hbond substituents is 1. The number of aromatic nitrogens is 1. The van der Waals surface area contributed by atoms with Crippen molar-refractivity contribution in [3.8, 4) is 28.1 Å². The number of hydrogen-bond acceptors (Lipinski definition) is 3. The predicted molar refractivity (Wildman–Crippen MR) is 106 cm³/mol. The Hall–Kier alpha value is -3.66. The fourth-order valence-corrected chi connectivity index (χ4v) is 3.35. The van der Waals surface area contributed by atoms with Crippen molar-refractivity contribution in [2.24, 2.45) is 0 Å². The van der Waals surface area contributed by atoms with Gasteiger partial charge in [-0.3, -0.25) is 0 Å². The summed E-state index contributed by atoms with van der Waals surface area (Å²) in [6.07, 6.45) is 0. The summed E-state index contributed by atoms with van der Waals surface area (Å²) in [5.41, 5.74) is 4.97. The standard InChI is InChI=1S/C23H17NO3/c1-14-21(23(26)27)19-13-18(25)11-12-20(19)24-22(14)17-9-7-16(8-10-17)15-5-3-2-4-6-15/h2-13,25H,1H3,(H,26,27). The van der Waals surface area contributed by atoms with E-state index in [0.29, 0.717) is 22.2 Å². The molecule has 0 aliphatic rings. The minimum absolute atomic E-state index is 0.0196. The second-order valence-corrected chi connectivity index (χ2v) is 6.41. The maximum atomic E-state index is 11.9. The summed E-state index contributed by atoms with van der Waals surface area (Å²) < 4.78 is 0. The average molecular weight is 355 g/mol. The molecule has 0 aliphatic carbocycles. The van der Waals surface area contributed by atoms with Crippen LogP contribution in [0, 0.1) is 6.92 Å². The molecule has 0 radical (unpaired) electrons. The van der Waals surface area contributed by atoms with Gasteiger partial charge in [-0.05, 0) is 41.8 Å². The molecule has 0 saturated carbocycles. The Morgan fingerprint density at radius 3 is 2.15 bits per heavy atom. The van der Waals surface area contributed by atoms with E-state index < -0.39 is 5.97 Å². The van der Waals surface area contributed by atoms with E-state index in [2.05, 4.69) is 4.98 Å². The lowest BCUT2D eigenvalue weighted by Gasteiger charge is -2.13. The number of fused-ring (bicyclic) bond motifs is 1. The van der Waals surface area contributed by atoms with Gasteiger partial charge in [0.1, 0.15) is 5.75 Å². The van der Waals surface area contributed by atoms with Crippen LogP contribution in [0.15, 0.2) is 72.8 Å². The first-order chi connectivity index (χ1) is 13.0. The SMILES string of the molecule is Cc1c(-c2ccc(-c3ccccc3)cc2)nc2ccc(O)cc2c1C(=O)O. The van der Waals surface area contributed by atoms with Gasteiger partial charge in [-0.15, -0.1) is 0 Å². The summed E-state index contributed by atoms with van der Waals surface area (Å²) >= 11 is 0. The second kappa shape index (κ2) is 6.57. The molecule has 0 bridgehead atoms. The summed E-state index contributed by atoms with van der Waals surface area (Å²) in [6.45, 7) is 1.75. The monoisotopic (exact) mass is 355 g/mol. The van der Waals surface area contributed by atoms with Crippen LogP contribution in [-0.2, 0) is 0 Å². The summed E-state index contributed by atoms with van der Waals surface area (Å²) in [5.74, 6) is -1.01. The first kappa shape index (κ1) is 16.8. The van der Waals surface area contributed by atoms with Crippen molar-refractivity contribution in [2.75, 3.05) is 0 Å². The summed E-state index contributed by atoms with van der Waals surface area (Å²) in [6, 6.07) is 22.6. The van der Waals surface area contributed by atoms with Crippen molar-refractivity contribution >= 4 is 16.9 Å². The predicted octanol–water partition coefficient (Wildman–Crippen LogP) is 5.28. The molecular formula is C23H17NO3. The van der Waals surface area contributed by atoms with Gasteiger partial charge in [0.2, 0.25) is 0 Å². The molecule has 0 unspecified atom stereocenters. The molecule has 1 aromatic heterocycles. The third kappa shape index (κ3) is 3.02. The summed E-state index contributed by atoms with van der Waals surface area (Å²) in [4.78, 5) is 16.5. The Bertz CT molecular complexity index is 1150. The number of carbonyl (C=O) groups is 1. The number of phenols is 1. The molecule has 4 nitrogen and oxygen atoms in total. The van der Waals surface area contributed by atoms with Gasteiger partial charge in [0.25, 0.3) is 0 Å². The number of aromatic hydroxyl groups is 1. The molecule has 4 heteroatoms. The number of aromatic carboxylic acids is 1. The molecule has 27 heavy (non-hydrogen) atoms. The maximum absolute atomic E-state index is 11.9. The number of pyridine rings is 1. The van der Waals surface area contributed by atoms with E-state index in [-0.39, 0.29) is 11.3 Å². The molecule has 4 rings (SSSR count). The normalized spacial score (nSPS) is 10.9.